The highest BCUT2D eigenvalue weighted by atomic mass is 16.2. The Morgan fingerprint density at radius 3 is 2.81 bits per heavy atom. The summed E-state index contributed by atoms with van der Waals surface area (Å²) in [6.07, 6.45) is 3.31. The minimum absolute atomic E-state index is 0.280. The molecule has 0 radical (unpaired) electrons. The summed E-state index contributed by atoms with van der Waals surface area (Å²) in [6, 6.07) is 10.2. The zero-order chi connectivity index (χ0) is 11.4. The summed E-state index contributed by atoms with van der Waals surface area (Å²) in [7, 11) is 0. The molecule has 1 heterocycles. The third kappa shape index (κ3) is 2.75. The Kier molecular flexibility index (Phi) is 3.44. The predicted octanol–water partition coefficient (Wildman–Crippen LogP) is 2.02. The van der Waals surface area contributed by atoms with Gasteiger partial charge in [-0.25, -0.2) is 4.79 Å². The number of hydrogen-bond acceptors (Lipinski definition) is 1. The predicted molar refractivity (Wildman–Crippen MR) is 64.0 cm³/mol. The van der Waals surface area contributed by atoms with Crippen molar-refractivity contribution in [3.05, 3.63) is 35.9 Å². The summed E-state index contributed by atoms with van der Waals surface area (Å²) < 4.78 is 0. The third-order valence-corrected chi connectivity index (χ3v) is 3.20. The maximum atomic E-state index is 11.1. The van der Waals surface area contributed by atoms with E-state index in [0.717, 1.165) is 25.9 Å². The third-order valence-electron chi connectivity index (χ3n) is 3.20. The summed E-state index contributed by atoms with van der Waals surface area (Å²) in [5.41, 5.74) is 6.66. The Labute approximate surface area is 96.2 Å². The smallest absolute Gasteiger partial charge is 0.314 e. The average Bonchev–Trinajstić information content (AvgIpc) is 2.30. The van der Waals surface area contributed by atoms with Crippen molar-refractivity contribution in [3.63, 3.8) is 0 Å². The summed E-state index contributed by atoms with van der Waals surface area (Å²) in [5.74, 6) is 0.559. The molecule has 16 heavy (non-hydrogen) atoms. The number of nitrogens with zero attached hydrogens (tertiary/aromatic N) is 1. The van der Waals surface area contributed by atoms with E-state index in [1.165, 1.54) is 12.0 Å². The molecule has 0 spiro atoms. The Morgan fingerprint density at radius 2 is 2.12 bits per heavy atom. The van der Waals surface area contributed by atoms with Gasteiger partial charge in [0.1, 0.15) is 0 Å². The van der Waals surface area contributed by atoms with Gasteiger partial charge in [0.2, 0.25) is 0 Å². The van der Waals surface area contributed by atoms with Crippen LogP contribution < -0.4 is 5.73 Å². The monoisotopic (exact) mass is 218 g/mol. The van der Waals surface area contributed by atoms with Crippen LogP contribution in [0.5, 0.6) is 0 Å². The highest BCUT2D eigenvalue weighted by Gasteiger charge is 2.21. The van der Waals surface area contributed by atoms with Crippen LogP contribution >= 0.6 is 0 Å². The normalized spacial score (nSPS) is 20.8. The number of benzene rings is 1. The van der Waals surface area contributed by atoms with E-state index in [2.05, 4.69) is 24.3 Å². The fourth-order valence-corrected chi connectivity index (χ4v) is 2.38. The van der Waals surface area contributed by atoms with E-state index >= 15 is 0 Å². The number of hydrogen-bond donors (Lipinski definition) is 1. The standard InChI is InChI=1S/C13H18N2O/c14-13(16)15-8-4-7-12(10-15)9-11-5-2-1-3-6-11/h1-3,5-6,12H,4,7-10H2,(H2,14,16). The van der Waals surface area contributed by atoms with Crippen molar-refractivity contribution in [3.8, 4) is 0 Å². The van der Waals surface area contributed by atoms with Gasteiger partial charge in [-0.15, -0.1) is 0 Å². The van der Waals surface area contributed by atoms with E-state index in [-0.39, 0.29) is 6.03 Å². The molecule has 1 aromatic rings. The number of primary amides is 1. The van der Waals surface area contributed by atoms with Crippen LogP contribution in [0.3, 0.4) is 0 Å². The molecule has 1 aromatic carbocycles. The van der Waals surface area contributed by atoms with Crippen LogP contribution in [0, 0.1) is 5.92 Å². The lowest BCUT2D eigenvalue weighted by molar-refractivity contribution is 0.173. The number of rotatable bonds is 2. The lowest BCUT2D eigenvalue weighted by atomic mass is 9.91. The molecule has 2 N–H and O–H groups in total. The molecule has 0 bridgehead atoms. The molecular weight excluding hydrogens is 200 g/mol. The van der Waals surface area contributed by atoms with Crippen molar-refractivity contribution in [2.24, 2.45) is 11.7 Å². The van der Waals surface area contributed by atoms with Gasteiger partial charge in [-0.1, -0.05) is 30.3 Å². The number of carbonyl (C=O) groups excluding carboxylic acids is 1. The molecule has 1 atom stereocenters. The van der Waals surface area contributed by atoms with Gasteiger partial charge in [-0.2, -0.15) is 0 Å². The van der Waals surface area contributed by atoms with Crippen LogP contribution in [0.2, 0.25) is 0 Å². The molecule has 1 aliphatic rings. The van der Waals surface area contributed by atoms with Gasteiger partial charge in [-0.3, -0.25) is 0 Å². The van der Waals surface area contributed by atoms with E-state index in [1.807, 2.05) is 6.07 Å². The maximum absolute atomic E-state index is 11.1. The van der Waals surface area contributed by atoms with Gasteiger partial charge in [0.15, 0.2) is 0 Å². The summed E-state index contributed by atoms with van der Waals surface area (Å²) in [6.45, 7) is 1.63. The molecule has 1 unspecified atom stereocenters. The molecule has 0 saturated carbocycles. The van der Waals surface area contributed by atoms with Gasteiger partial charge in [0, 0.05) is 13.1 Å². The van der Waals surface area contributed by atoms with Crippen molar-refractivity contribution in [1.29, 1.82) is 0 Å². The number of piperidine rings is 1. The molecule has 2 rings (SSSR count). The second-order valence-electron chi connectivity index (χ2n) is 4.48. The number of likely N-dealkylation sites (tertiary alicyclic amines) is 1. The zero-order valence-electron chi connectivity index (χ0n) is 9.43. The number of carbonyl (C=O) groups is 1. The second-order valence-corrected chi connectivity index (χ2v) is 4.48. The Morgan fingerprint density at radius 1 is 1.38 bits per heavy atom. The SMILES string of the molecule is NC(=O)N1CCCC(Cc2ccccc2)C1. The maximum Gasteiger partial charge on any atom is 0.314 e. The molecule has 1 aliphatic heterocycles. The first kappa shape index (κ1) is 11.0. The van der Waals surface area contributed by atoms with Crippen LogP contribution in [0.15, 0.2) is 30.3 Å². The van der Waals surface area contributed by atoms with Crippen LogP contribution in [0.1, 0.15) is 18.4 Å². The Balaban J connectivity index is 1.93. The molecule has 2 amide bonds. The van der Waals surface area contributed by atoms with Crippen LogP contribution in [-0.4, -0.2) is 24.0 Å². The lowest BCUT2D eigenvalue weighted by Gasteiger charge is -2.31. The van der Waals surface area contributed by atoms with Crippen molar-refractivity contribution in [1.82, 2.24) is 4.90 Å². The van der Waals surface area contributed by atoms with Gasteiger partial charge in [0.05, 0.1) is 0 Å². The minimum atomic E-state index is -0.280. The topological polar surface area (TPSA) is 46.3 Å². The first-order valence-electron chi connectivity index (χ1n) is 5.84. The molecule has 3 nitrogen and oxygen atoms in total. The van der Waals surface area contributed by atoms with Crippen LogP contribution in [0.4, 0.5) is 4.79 Å². The highest BCUT2D eigenvalue weighted by Crippen LogP contribution is 2.20. The highest BCUT2D eigenvalue weighted by molar-refractivity contribution is 5.72. The minimum Gasteiger partial charge on any atom is -0.351 e. The molecule has 0 aromatic heterocycles. The molecule has 3 heteroatoms. The first-order valence-corrected chi connectivity index (χ1v) is 5.84. The van der Waals surface area contributed by atoms with E-state index < -0.39 is 0 Å². The van der Waals surface area contributed by atoms with Gasteiger partial charge in [-0.05, 0) is 30.7 Å². The molecule has 1 fully saturated rings. The molecule has 0 aliphatic carbocycles. The summed E-state index contributed by atoms with van der Waals surface area (Å²) in [4.78, 5) is 12.9. The fraction of sp³-hybridized carbons (Fsp3) is 0.462. The molecular formula is C13H18N2O. The fourth-order valence-electron chi connectivity index (χ4n) is 2.38. The average molecular weight is 218 g/mol. The van der Waals surface area contributed by atoms with Crippen LogP contribution in [-0.2, 0) is 6.42 Å². The molecule has 86 valence electrons. The van der Waals surface area contributed by atoms with Gasteiger partial charge < -0.3 is 10.6 Å². The van der Waals surface area contributed by atoms with Gasteiger partial charge in [0.25, 0.3) is 0 Å². The van der Waals surface area contributed by atoms with Crippen molar-refractivity contribution >= 4 is 6.03 Å². The Hall–Kier alpha value is -1.51. The lowest BCUT2D eigenvalue weighted by Crippen LogP contribution is -2.43. The second kappa shape index (κ2) is 5.01. The van der Waals surface area contributed by atoms with Crippen molar-refractivity contribution in [2.45, 2.75) is 19.3 Å². The largest absolute Gasteiger partial charge is 0.351 e. The zero-order valence-corrected chi connectivity index (χ0v) is 9.43. The summed E-state index contributed by atoms with van der Waals surface area (Å²) >= 11 is 0. The number of nitrogens with two attached hydrogens (primary N) is 1. The molecule has 1 saturated heterocycles. The van der Waals surface area contributed by atoms with Crippen LogP contribution in [0.25, 0.3) is 0 Å². The van der Waals surface area contributed by atoms with Gasteiger partial charge >= 0.3 is 6.03 Å². The number of amides is 2. The Bertz CT molecular complexity index is 350. The summed E-state index contributed by atoms with van der Waals surface area (Å²) in [5, 5.41) is 0. The van der Waals surface area contributed by atoms with Crippen molar-refractivity contribution < 1.29 is 4.79 Å². The van der Waals surface area contributed by atoms with E-state index in [1.54, 1.807) is 4.90 Å². The van der Waals surface area contributed by atoms with Crippen molar-refractivity contribution in [2.75, 3.05) is 13.1 Å². The first-order chi connectivity index (χ1) is 7.75. The van der Waals surface area contributed by atoms with E-state index in [0.29, 0.717) is 5.92 Å². The van der Waals surface area contributed by atoms with E-state index in [4.69, 9.17) is 5.73 Å². The van der Waals surface area contributed by atoms with E-state index in [9.17, 15) is 4.79 Å². The quantitative estimate of drug-likeness (QED) is 0.811. The number of urea groups is 1.